The number of aromatic nitrogens is 3. The highest BCUT2D eigenvalue weighted by atomic mass is 79.9. The van der Waals surface area contributed by atoms with Gasteiger partial charge in [-0.1, -0.05) is 20.3 Å². The summed E-state index contributed by atoms with van der Waals surface area (Å²) in [5, 5.41) is 0.578. The van der Waals surface area contributed by atoms with Gasteiger partial charge in [0.2, 0.25) is 0 Å². The fourth-order valence-electron chi connectivity index (χ4n) is 4.16. The first-order valence-electron chi connectivity index (χ1n) is 9.93. The van der Waals surface area contributed by atoms with Gasteiger partial charge >= 0.3 is 0 Å². The largest absolute Gasteiger partial charge is 0.305 e. The first-order valence-corrected chi connectivity index (χ1v) is 10.7. The van der Waals surface area contributed by atoms with Gasteiger partial charge in [0, 0.05) is 43.4 Å². The second-order valence-electron chi connectivity index (χ2n) is 7.71. The van der Waals surface area contributed by atoms with Gasteiger partial charge in [0.05, 0.1) is 11.4 Å². The van der Waals surface area contributed by atoms with Gasteiger partial charge < -0.3 is 4.90 Å². The predicted molar refractivity (Wildman–Crippen MR) is 113 cm³/mol. The number of hydrogen-bond acceptors (Lipinski definition) is 5. The Hall–Kier alpha value is -1.31. The normalized spacial score (nSPS) is 20.7. The maximum absolute atomic E-state index is 13.1. The van der Waals surface area contributed by atoms with Gasteiger partial charge in [-0.25, -0.2) is 9.97 Å². The molecule has 0 radical (unpaired) electrons. The van der Waals surface area contributed by atoms with Crippen LogP contribution in [0.1, 0.15) is 45.5 Å². The van der Waals surface area contributed by atoms with Crippen molar-refractivity contribution in [1.29, 1.82) is 0 Å². The van der Waals surface area contributed by atoms with Crippen LogP contribution in [-0.2, 0) is 6.54 Å². The van der Waals surface area contributed by atoms with Crippen LogP contribution in [0.2, 0.25) is 0 Å². The fraction of sp³-hybridized carbons (Fsp3) is 0.650. The smallest absolute Gasteiger partial charge is 0.263 e. The summed E-state index contributed by atoms with van der Waals surface area (Å²) in [7, 11) is 2.19. The Balaban J connectivity index is 2.10. The molecule has 1 saturated heterocycles. The molecule has 2 aromatic heterocycles. The van der Waals surface area contributed by atoms with Gasteiger partial charge in [-0.3, -0.25) is 14.3 Å². The summed E-state index contributed by atoms with van der Waals surface area (Å²) < 4.78 is 2.65. The summed E-state index contributed by atoms with van der Waals surface area (Å²) in [5.74, 6) is 1.46. The van der Waals surface area contributed by atoms with Gasteiger partial charge in [-0.05, 0) is 48.3 Å². The average molecular weight is 436 g/mol. The van der Waals surface area contributed by atoms with Crippen molar-refractivity contribution < 1.29 is 0 Å². The summed E-state index contributed by atoms with van der Waals surface area (Å²) in [5.41, 5.74) is 0.552. The Bertz CT molecular complexity index is 852. The molecule has 2 aromatic rings. The minimum Gasteiger partial charge on any atom is -0.305 e. The molecule has 7 heteroatoms. The van der Waals surface area contributed by atoms with Crippen molar-refractivity contribution >= 4 is 27.0 Å². The van der Waals surface area contributed by atoms with E-state index in [1.807, 2.05) is 17.6 Å². The molecule has 2 atom stereocenters. The maximum atomic E-state index is 13.1. The van der Waals surface area contributed by atoms with Crippen molar-refractivity contribution in [2.24, 2.45) is 5.92 Å². The molecule has 0 unspecified atom stereocenters. The minimum atomic E-state index is 0.00684. The number of halogens is 1. The molecule has 27 heavy (non-hydrogen) atoms. The van der Waals surface area contributed by atoms with Crippen LogP contribution in [0.5, 0.6) is 0 Å². The zero-order valence-electron chi connectivity index (χ0n) is 16.8. The maximum Gasteiger partial charge on any atom is 0.263 e. The number of nitrogens with zero attached hydrogens (tertiary/aromatic N) is 5. The molecule has 6 nitrogen and oxygen atoms in total. The molecule has 0 aromatic carbocycles. The summed E-state index contributed by atoms with van der Waals surface area (Å²) in [6.45, 7) is 11.3. The van der Waals surface area contributed by atoms with Crippen LogP contribution in [0, 0.1) is 5.92 Å². The van der Waals surface area contributed by atoms with E-state index in [9.17, 15) is 4.79 Å². The third-order valence-corrected chi connectivity index (χ3v) is 5.80. The van der Waals surface area contributed by atoms with E-state index < -0.39 is 0 Å². The predicted octanol–water partition coefficient (Wildman–Crippen LogP) is 3.30. The summed E-state index contributed by atoms with van der Waals surface area (Å²) in [6, 6.07) is 1.97. The van der Waals surface area contributed by atoms with Crippen LogP contribution in [0.25, 0.3) is 11.0 Å². The lowest BCUT2D eigenvalue weighted by Gasteiger charge is -2.32. The van der Waals surface area contributed by atoms with Crippen molar-refractivity contribution in [2.45, 2.75) is 46.2 Å². The molecule has 0 saturated carbocycles. The molecule has 1 aliphatic heterocycles. The van der Waals surface area contributed by atoms with Gasteiger partial charge in [-0.15, -0.1) is 0 Å². The van der Waals surface area contributed by atoms with E-state index in [1.54, 1.807) is 6.20 Å². The van der Waals surface area contributed by atoms with Crippen molar-refractivity contribution in [1.82, 2.24) is 24.3 Å². The lowest BCUT2D eigenvalue weighted by molar-refractivity contribution is 0.167. The molecule has 0 aliphatic carbocycles. The fourth-order valence-corrected chi connectivity index (χ4v) is 4.49. The Morgan fingerprint density at radius 1 is 1.30 bits per heavy atom. The van der Waals surface area contributed by atoms with E-state index in [4.69, 9.17) is 4.98 Å². The van der Waals surface area contributed by atoms with E-state index in [-0.39, 0.29) is 11.6 Å². The van der Waals surface area contributed by atoms with Crippen molar-refractivity contribution in [3.8, 4) is 0 Å². The lowest BCUT2D eigenvalue weighted by Crippen LogP contribution is -2.38. The molecule has 3 rings (SSSR count). The lowest BCUT2D eigenvalue weighted by atomic mass is 10.1. The molecule has 0 amide bonds. The van der Waals surface area contributed by atoms with Crippen LogP contribution in [-0.4, -0.2) is 57.6 Å². The molecule has 148 valence electrons. The first-order chi connectivity index (χ1) is 12.9. The third-order valence-electron chi connectivity index (χ3n) is 5.36. The quantitative estimate of drug-likeness (QED) is 0.720. The van der Waals surface area contributed by atoms with E-state index in [2.05, 4.69) is 51.6 Å². The van der Waals surface area contributed by atoms with Gasteiger partial charge in [0.15, 0.2) is 5.65 Å². The van der Waals surface area contributed by atoms with Crippen molar-refractivity contribution in [3.05, 3.63) is 32.9 Å². The van der Waals surface area contributed by atoms with Gasteiger partial charge in [0.25, 0.3) is 5.56 Å². The van der Waals surface area contributed by atoms with Crippen LogP contribution >= 0.6 is 15.9 Å². The van der Waals surface area contributed by atoms with Crippen LogP contribution in [0.15, 0.2) is 21.5 Å². The highest BCUT2D eigenvalue weighted by Gasteiger charge is 2.28. The highest BCUT2D eigenvalue weighted by molar-refractivity contribution is 9.10. The second-order valence-corrected chi connectivity index (χ2v) is 8.63. The van der Waals surface area contributed by atoms with Crippen LogP contribution in [0.4, 0.5) is 0 Å². The van der Waals surface area contributed by atoms with E-state index in [1.165, 1.54) is 0 Å². The topological polar surface area (TPSA) is 54.3 Å². The monoisotopic (exact) mass is 435 g/mol. The molecule has 1 fully saturated rings. The zero-order valence-corrected chi connectivity index (χ0v) is 18.4. The standard InChI is InChI=1S/C20H30BrN5O/c1-5-7-17(25-9-8-24(4)12-14(3)13-25)19-23-18-16(10-15(21)11-22-18)20(27)26(19)6-2/h10-11,14,17H,5-9,12-13H2,1-4H3/t14-,17+/m1/s1. The zero-order chi connectivity index (χ0) is 19.6. The number of hydrogen-bond donors (Lipinski definition) is 0. The average Bonchev–Trinajstić information content (AvgIpc) is 2.80. The van der Waals surface area contributed by atoms with E-state index >= 15 is 0 Å². The van der Waals surface area contributed by atoms with E-state index in [0.717, 1.165) is 49.3 Å². The van der Waals surface area contributed by atoms with Gasteiger partial charge in [0.1, 0.15) is 5.82 Å². The Kier molecular flexibility index (Phi) is 6.65. The Morgan fingerprint density at radius 2 is 2.07 bits per heavy atom. The van der Waals surface area contributed by atoms with Crippen LogP contribution in [0.3, 0.4) is 0 Å². The SMILES string of the molecule is CCC[C@@H](c1nc2ncc(Br)cc2c(=O)n1CC)N1CCN(C)C[C@@H](C)C1. The minimum absolute atomic E-state index is 0.00684. The second kappa shape index (κ2) is 8.80. The molecule has 3 heterocycles. The number of rotatable bonds is 5. The molecule has 0 spiro atoms. The summed E-state index contributed by atoms with van der Waals surface area (Å²) in [4.78, 5) is 27.4. The Morgan fingerprint density at radius 3 is 2.78 bits per heavy atom. The summed E-state index contributed by atoms with van der Waals surface area (Å²) >= 11 is 3.42. The van der Waals surface area contributed by atoms with E-state index in [0.29, 0.717) is 23.5 Å². The third kappa shape index (κ3) is 4.41. The van der Waals surface area contributed by atoms with Crippen LogP contribution < -0.4 is 5.56 Å². The molecule has 0 bridgehead atoms. The summed E-state index contributed by atoms with van der Waals surface area (Å²) in [6.07, 6.45) is 3.76. The number of fused-ring (bicyclic) bond motifs is 1. The molecule has 1 aliphatic rings. The Labute approximate surface area is 169 Å². The highest BCUT2D eigenvalue weighted by Crippen LogP contribution is 2.27. The molecule has 0 N–H and O–H groups in total. The van der Waals surface area contributed by atoms with Gasteiger partial charge in [-0.2, -0.15) is 0 Å². The van der Waals surface area contributed by atoms with Crippen molar-refractivity contribution in [2.75, 3.05) is 33.2 Å². The number of pyridine rings is 1. The first kappa shape index (κ1) is 20.4. The van der Waals surface area contributed by atoms with Crippen molar-refractivity contribution in [3.63, 3.8) is 0 Å². The number of likely N-dealkylation sites (N-methyl/N-ethyl adjacent to an activating group) is 1. The molecular formula is C20H30BrN5O. The molecular weight excluding hydrogens is 406 g/mol.